The van der Waals surface area contributed by atoms with E-state index in [1.807, 2.05) is 0 Å². The van der Waals surface area contributed by atoms with Crippen LogP contribution >= 0.6 is 7.60 Å². The van der Waals surface area contributed by atoms with Crippen LogP contribution in [0.2, 0.25) is 0 Å². The number of amidine groups is 1. The van der Waals surface area contributed by atoms with Crippen LogP contribution in [0.1, 0.15) is 79.1 Å². The summed E-state index contributed by atoms with van der Waals surface area (Å²) in [6.45, 7) is 9.30. The summed E-state index contributed by atoms with van der Waals surface area (Å²) >= 11 is 0. The normalized spacial score (nSPS) is 17.2. The molecule has 0 fully saturated rings. The van der Waals surface area contributed by atoms with Gasteiger partial charge in [0.15, 0.2) is 5.84 Å². The fraction of sp³-hybridized carbons (Fsp3) is 0.944. The second-order valence-electron chi connectivity index (χ2n) is 6.78. The van der Waals surface area contributed by atoms with Gasteiger partial charge in [-0.1, -0.05) is 71.4 Å². The number of nitrogens with two attached hydrogens (primary N) is 1. The minimum absolute atomic E-state index is 0.119. The molecule has 0 amide bonds. The van der Waals surface area contributed by atoms with E-state index in [1.165, 1.54) is 0 Å². The van der Waals surface area contributed by atoms with Crippen LogP contribution < -0.4 is 5.73 Å². The van der Waals surface area contributed by atoms with E-state index in [1.54, 1.807) is 0 Å². The van der Waals surface area contributed by atoms with Crippen molar-refractivity contribution in [3.8, 4) is 0 Å². The molecular formula is C18H39N2O4P. The third-order valence-corrected chi connectivity index (χ3v) is 6.38. The molecule has 6 nitrogen and oxygen atoms in total. The van der Waals surface area contributed by atoms with Crippen molar-refractivity contribution in [3.63, 3.8) is 0 Å². The van der Waals surface area contributed by atoms with Crippen molar-refractivity contribution in [2.75, 3.05) is 19.4 Å². The second kappa shape index (κ2) is 14.6. The maximum absolute atomic E-state index is 13.1. The molecule has 0 aromatic carbocycles. The number of hydrogen-bond acceptors (Lipinski definition) is 5. The Kier molecular flexibility index (Phi) is 14.2. The zero-order valence-electron chi connectivity index (χ0n) is 16.6. The molecule has 0 rings (SSSR count). The highest BCUT2D eigenvalue weighted by atomic mass is 31.2. The molecule has 25 heavy (non-hydrogen) atoms. The Morgan fingerprint density at radius 1 is 1.00 bits per heavy atom. The largest absolute Gasteiger partial charge is 0.409 e. The highest BCUT2D eigenvalue weighted by Gasteiger charge is 2.29. The first-order valence-corrected chi connectivity index (χ1v) is 11.5. The van der Waals surface area contributed by atoms with Crippen molar-refractivity contribution < 1.29 is 18.8 Å². The van der Waals surface area contributed by atoms with E-state index in [0.717, 1.165) is 51.4 Å². The Bertz CT molecular complexity index is 381. The molecule has 2 atom stereocenters. The van der Waals surface area contributed by atoms with Crippen LogP contribution in [-0.2, 0) is 13.6 Å². The van der Waals surface area contributed by atoms with Gasteiger partial charge in [0.1, 0.15) is 6.16 Å². The molecule has 7 heteroatoms. The summed E-state index contributed by atoms with van der Waals surface area (Å²) in [5.74, 6) is 0.587. The fourth-order valence-corrected chi connectivity index (χ4v) is 4.19. The molecule has 0 saturated carbocycles. The zero-order valence-corrected chi connectivity index (χ0v) is 17.5. The van der Waals surface area contributed by atoms with Gasteiger partial charge in [-0.25, -0.2) is 0 Å². The molecule has 0 radical (unpaired) electrons. The molecule has 0 saturated heterocycles. The van der Waals surface area contributed by atoms with Crippen LogP contribution in [0.4, 0.5) is 0 Å². The zero-order chi connectivity index (χ0) is 19.1. The first-order chi connectivity index (χ1) is 11.9. The van der Waals surface area contributed by atoms with E-state index in [4.69, 9.17) is 20.0 Å². The molecule has 0 aliphatic heterocycles. The van der Waals surface area contributed by atoms with Crippen molar-refractivity contribution in [3.05, 3.63) is 0 Å². The van der Waals surface area contributed by atoms with Crippen molar-refractivity contribution in [1.82, 2.24) is 0 Å². The summed E-state index contributed by atoms with van der Waals surface area (Å²) < 4.78 is 24.5. The van der Waals surface area contributed by atoms with Gasteiger partial charge in [0.05, 0.1) is 13.2 Å². The summed E-state index contributed by atoms with van der Waals surface area (Å²) in [5.41, 5.74) is 5.57. The molecule has 0 aliphatic carbocycles. The van der Waals surface area contributed by atoms with E-state index in [9.17, 15) is 4.57 Å². The number of oxime groups is 1. The van der Waals surface area contributed by atoms with Gasteiger partial charge in [-0.2, -0.15) is 0 Å². The number of hydrogen-bond donors (Lipinski definition) is 2. The van der Waals surface area contributed by atoms with Crippen LogP contribution in [0.15, 0.2) is 5.16 Å². The van der Waals surface area contributed by atoms with Gasteiger partial charge >= 0.3 is 7.60 Å². The molecule has 0 heterocycles. The third-order valence-electron chi connectivity index (χ3n) is 4.58. The predicted molar refractivity (Wildman–Crippen MR) is 104 cm³/mol. The van der Waals surface area contributed by atoms with E-state index >= 15 is 0 Å². The summed E-state index contributed by atoms with van der Waals surface area (Å²) in [5, 5.41) is 11.7. The van der Waals surface area contributed by atoms with Gasteiger partial charge in [0, 0.05) is 0 Å². The smallest absolute Gasteiger partial charge is 0.338 e. The standard InChI is InChI=1S/C18H39N2O4P/c1-5-9-11-16(7-3)13-23-25(22,15-18(19)20-21)24-14-17(8-4)12-10-6-2/h16-17,21H,5-15H2,1-4H3,(H2,19,20). The fourth-order valence-electron chi connectivity index (χ4n) is 2.59. The molecule has 0 aromatic heterocycles. The minimum Gasteiger partial charge on any atom is -0.409 e. The molecule has 2 unspecified atom stereocenters. The monoisotopic (exact) mass is 378 g/mol. The highest BCUT2D eigenvalue weighted by Crippen LogP contribution is 2.49. The highest BCUT2D eigenvalue weighted by molar-refractivity contribution is 7.54. The SMILES string of the molecule is CCCCC(CC)COP(=O)(CC(N)=NO)OCC(CC)CCCC. The summed E-state index contributed by atoms with van der Waals surface area (Å²) in [6, 6.07) is 0. The Labute approximate surface area is 154 Å². The van der Waals surface area contributed by atoms with Crippen LogP contribution in [0, 0.1) is 11.8 Å². The lowest BCUT2D eigenvalue weighted by molar-refractivity contribution is 0.153. The van der Waals surface area contributed by atoms with Gasteiger partial charge in [-0.3, -0.25) is 4.57 Å². The summed E-state index contributed by atoms with van der Waals surface area (Å²) in [7, 11) is -3.41. The van der Waals surface area contributed by atoms with Crippen molar-refractivity contribution >= 4 is 13.4 Å². The molecule has 0 bridgehead atoms. The van der Waals surface area contributed by atoms with Gasteiger partial charge in [-0.05, 0) is 24.7 Å². The molecule has 150 valence electrons. The van der Waals surface area contributed by atoms with Crippen molar-refractivity contribution in [1.29, 1.82) is 0 Å². The lowest BCUT2D eigenvalue weighted by atomic mass is 10.0. The van der Waals surface area contributed by atoms with Crippen LogP contribution in [0.25, 0.3) is 0 Å². The molecule has 0 aromatic rings. The molecule has 0 spiro atoms. The summed E-state index contributed by atoms with van der Waals surface area (Å²) in [4.78, 5) is 0. The second-order valence-corrected chi connectivity index (χ2v) is 8.84. The van der Waals surface area contributed by atoms with E-state index in [2.05, 4.69) is 32.9 Å². The topological polar surface area (TPSA) is 94.1 Å². The van der Waals surface area contributed by atoms with Gasteiger partial charge in [-0.15, -0.1) is 0 Å². The lowest BCUT2D eigenvalue weighted by Crippen LogP contribution is -2.21. The predicted octanol–water partition coefficient (Wildman–Crippen LogP) is 5.39. The first-order valence-electron chi connectivity index (χ1n) is 9.79. The first kappa shape index (κ1) is 24.4. The van der Waals surface area contributed by atoms with E-state index in [0.29, 0.717) is 25.0 Å². The number of unbranched alkanes of at least 4 members (excludes halogenated alkanes) is 2. The van der Waals surface area contributed by atoms with Gasteiger partial charge < -0.3 is 20.0 Å². The molecule has 0 aliphatic rings. The molecule has 3 N–H and O–H groups in total. The Hall–Kier alpha value is -0.580. The lowest BCUT2D eigenvalue weighted by Gasteiger charge is -2.23. The number of rotatable bonds is 16. The van der Waals surface area contributed by atoms with Crippen LogP contribution in [-0.4, -0.2) is 30.4 Å². The Morgan fingerprint density at radius 3 is 1.76 bits per heavy atom. The Balaban J connectivity index is 4.78. The minimum atomic E-state index is -3.41. The van der Waals surface area contributed by atoms with Crippen molar-refractivity contribution in [2.24, 2.45) is 22.7 Å². The Morgan fingerprint density at radius 2 is 1.44 bits per heavy atom. The van der Waals surface area contributed by atoms with Crippen LogP contribution in [0.3, 0.4) is 0 Å². The maximum atomic E-state index is 13.1. The quantitative estimate of drug-likeness (QED) is 0.123. The third kappa shape index (κ3) is 11.6. The maximum Gasteiger partial charge on any atom is 0.338 e. The van der Waals surface area contributed by atoms with Crippen molar-refractivity contribution in [2.45, 2.75) is 79.1 Å². The van der Waals surface area contributed by atoms with Gasteiger partial charge in [0.25, 0.3) is 0 Å². The van der Waals surface area contributed by atoms with E-state index < -0.39 is 7.60 Å². The number of nitrogens with zero attached hydrogens (tertiary/aromatic N) is 1. The average Bonchev–Trinajstić information content (AvgIpc) is 2.62. The summed E-state index contributed by atoms with van der Waals surface area (Å²) in [6.07, 6.45) is 8.38. The van der Waals surface area contributed by atoms with Gasteiger partial charge in [0.2, 0.25) is 0 Å². The van der Waals surface area contributed by atoms with E-state index in [-0.39, 0.29) is 12.0 Å². The van der Waals surface area contributed by atoms with Crippen LogP contribution in [0.5, 0.6) is 0 Å². The average molecular weight is 378 g/mol. The molecular weight excluding hydrogens is 339 g/mol.